The second-order valence-electron chi connectivity index (χ2n) is 14.2. The van der Waals surface area contributed by atoms with E-state index in [2.05, 4.69) is 10.2 Å². The van der Waals surface area contributed by atoms with Crippen LogP contribution in [0.4, 0.5) is 18.9 Å². The number of nitrogens with one attached hydrogen (secondary N) is 1. The van der Waals surface area contributed by atoms with E-state index in [9.17, 15) is 33.1 Å². The van der Waals surface area contributed by atoms with E-state index in [-0.39, 0.29) is 69.3 Å². The highest BCUT2D eigenvalue weighted by molar-refractivity contribution is 6.35. The summed E-state index contributed by atoms with van der Waals surface area (Å²) < 4.78 is 58.5. The molecular weight excluding hydrogens is 762 g/mol. The number of esters is 1. The van der Waals surface area contributed by atoms with Gasteiger partial charge in [0.05, 0.1) is 12.2 Å². The van der Waals surface area contributed by atoms with E-state index in [1.807, 2.05) is 0 Å². The Labute approximate surface area is 325 Å². The molecule has 0 radical (unpaired) electrons. The average molecular weight is 801 g/mol. The Kier molecular flexibility index (Phi) is 11.6. The number of anilines is 1. The Balaban J connectivity index is 1.35. The zero-order chi connectivity index (χ0) is 38.8. The molecule has 0 spiro atoms. The molecule has 3 saturated heterocycles. The molecule has 2 bridgehead atoms. The zero-order valence-corrected chi connectivity index (χ0v) is 30.9. The van der Waals surface area contributed by atoms with Crippen molar-refractivity contribution in [2.45, 2.75) is 56.8 Å². The summed E-state index contributed by atoms with van der Waals surface area (Å²) >= 11 is 13.2. The number of carboxylic acid groups (broad SMARTS) is 1. The van der Waals surface area contributed by atoms with Crippen molar-refractivity contribution >= 4 is 40.8 Å². The van der Waals surface area contributed by atoms with Crippen LogP contribution < -0.4 is 19.5 Å². The van der Waals surface area contributed by atoms with Gasteiger partial charge in [-0.25, -0.2) is 14.0 Å². The molecule has 2 N–H and O–H groups in total. The van der Waals surface area contributed by atoms with Crippen LogP contribution >= 0.6 is 23.2 Å². The van der Waals surface area contributed by atoms with Gasteiger partial charge in [0.1, 0.15) is 22.0 Å². The first kappa shape index (κ1) is 38.6. The van der Waals surface area contributed by atoms with Gasteiger partial charge in [-0.2, -0.15) is 13.5 Å². The topological polar surface area (TPSA) is 124 Å². The fourth-order valence-corrected chi connectivity index (χ4v) is 8.06. The van der Waals surface area contributed by atoms with E-state index in [1.54, 1.807) is 6.07 Å². The summed E-state index contributed by atoms with van der Waals surface area (Å²) in [6, 6.07) is 13.0. The smallest absolute Gasteiger partial charge is 0.387 e. The number of benzene rings is 3. The van der Waals surface area contributed by atoms with Crippen molar-refractivity contribution in [2.75, 3.05) is 31.6 Å². The molecule has 3 atom stereocenters. The van der Waals surface area contributed by atoms with E-state index >= 15 is 0 Å². The molecule has 55 heavy (non-hydrogen) atoms. The van der Waals surface area contributed by atoms with Crippen LogP contribution in [0.25, 0.3) is 0 Å². The number of fused-ring (bicyclic) bond motifs is 3. The Morgan fingerprint density at radius 1 is 0.964 bits per heavy atom. The van der Waals surface area contributed by atoms with E-state index in [0.717, 1.165) is 51.2 Å². The van der Waals surface area contributed by atoms with Crippen molar-refractivity contribution in [1.82, 2.24) is 4.90 Å². The van der Waals surface area contributed by atoms with Crippen LogP contribution in [-0.2, 0) is 16.0 Å². The van der Waals surface area contributed by atoms with Crippen LogP contribution in [0.2, 0.25) is 10.0 Å². The molecule has 8 rings (SSSR count). The van der Waals surface area contributed by atoms with Crippen LogP contribution in [0.3, 0.4) is 0 Å². The number of carboxylic acids is 1. The molecule has 4 aromatic rings. The zero-order valence-electron chi connectivity index (χ0n) is 29.4. The minimum Gasteiger partial charge on any atom is -0.619 e. The normalized spacial score (nSPS) is 20.1. The highest BCUT2D eigenvalue weighted by Crippen LogP contribution is 2.43. The standard InChI is InChI=1S/C40H38Cl2F3N3O7/c41-30-18-48(52)19-31(42)29(30)17-28(25-8-11-33(55-40(44)45)34(16-25)53-21-22-4-5-22)36-27(38(49)50)2-1-3-32(36)46-37(24-6-9-26(43)10-7-24)39(51)54-35-20-47-14-12-23(35)13-15-47/h1-3,6-11,16,18-19,22-23,28,35,37,40,46H,4-5,12-15,17,20-21H2,(H,49,50)/t28-,35-,37?/m0/s1. The number of hydrogen-bond acceptors (Lipinski definition) is 8. The number of pyridine rings is 1. The molecule has 0 amide bonds. The summed E-state index contributed by atoms with van der Waals surface area (Å²) in [5.41, 5.74) is 1.31. The summed E-state index contributed by atoms with van der Waals surface area (Å²) in [5.74, 6) is -3.15. The predicted molar refractivity (Wildman–Crippen MR) is 197 cm³/mol. The summed E-state index contributed by atoms with van der Waals surface area (Å²) in [5, 5.41) is 26.1. The van der Waals surface area contributed by atoms with Gasteiger partial charge in [-0.1, -0.05) is 47.5 Å². The second kappa shape index (κ2) is 16.6. The first-order valence-electron chi connectivity index (χ1n) is 18.0. The average Bonchev–Trinajstić information content (AvgIpc) is 3.99. The molecule has 3 aromatic carbocycles. The number of nitrogens with zero attached hydrogens (tertiary/aromatic N) is 2. The number of aromatic nitrogens is 1. The summed E-state index contributed by atoms with van der Waals surface area (Å²) in [6.45, 7) is -0.436. The van der Waals surface area contributed by atoms with Gasteiger partial charge in [0.2, 0.25) is 0 Å². The van der Waals surface area contributed by atoms with Gasteiger partial charge in [-0.3, -0.25) is 4.90 Å². The number of halogens is 5. The molecule has 4 heterocycles. The predicted octanol–water partition coefficient (Wildman–Crippen LogP) is 8.02. The maximum Gasteiger partial charge on any atom is 0.387 e. The van der Waals surface area contributed by atoms with Crippen LogP contribution in [0.1, 0.15) is 70.3 Å². The number of alkyl halides is 2. The lowest BCUT2D eigenvalue weighted by Crippen LogP contribution is -2.52. The van der Waals surface area contributed by atoms with Gasteiger partial charge in [0.15, 0.2) is 29.9 Å². The molecule has 290 valence electrons. The van der Waals surface area contributed by atoms with Crippen molar-refractivity contribution in [3.05, 3.63) is 122 Å². The molecule has 4 fully saturated rings. The number of hydrogen-bond donors (Lipinski definition) is 2. The summed E-state index contributed by atoms with van der Waals surface area (Å²) in [4.78, 5) is 29.5. The van der Waals surface area contributed by atoms with Crippen LogP contribution in [-0.4, -0.2) is 60.9 Å². The molecular formula is C40H38Cl2F3N3O7. The van der Waals surface area contributed by atoms with Crippen LogP contribution in [0.5, 0.6) is 11.5 Å². The van der Waals surface area contributed by atoms with E-state index in [4.69, 9.17) is 37.4 Å². The van der Waals surface area contributed by atoms with Gasteiger partial charge in [-0.15, -0.1) is 0 Å². The molecule has 15 heteroatoms. The second-order valence-corrected chi connectivity index (χ2v) is 15.0. The van der Waals surface area contributed by atoms with Gasteiger partial charge >= 0.3 is 18.6 Å². The molecule has 10 nitrogen and oxygen atoms in total. The lowest BCUT2D eigenvalue weighted by molar-refractivity contribution is -0.605. The number of piperidine rings is 3. The third kappa shape index (κ3) is 9.06. The van der Waals surface area contributed by atoms with Crippen molar-refractivity contribution in [2.24, 2.45) is 11.8 Å². The molecule has 1 saturated carbocycles. The van der Waals surface area contributed by atoms with Gasteiger partial charge in [-0.05, 0) is 110 Å². The summed E-state index contributed by atoms with van der Waals surface area (Å²) in [6.07, 6.45) is 5.42. The van der Waals surface area contributed by atoms with E-state index in [0.29, 0.717) is 28.0 Å². The van der Waals surface area contributed by atoms with Crippen molar-refractivity contribution in [1.29, 1.82) is 0 Å². The Hall–Kier alpha value is -4.72. The Bertz CT molecular complexity index is 2020. The highest BCUT2D eigenvalue weighted by Gasteiger charge is 2.39. The monoisotopic (exact) mass is 799 g/mol. The molecule has 1 aliphatic carbocycles. The maximum absolute atomic E-state index is 14.2. The number of ether oxygens (including phenoxy) is 3. The van der Waals surface area contributed by atoms with Crippen LogP contribution in [0, 0.1) is 22.9 Å². The molecule has 1 unspecified atom stereocenters. The van der Waals surface area contributed by atoms with Crippen molar-refractivity contribution < 1.29 is 46.8 Å². The number of carbonyl (C=O) groups excluding carboxylic acids is 1. The lowest BCUT2D eigenvalue weighted by Gasteiger charge is -2.44. The minimum absolute atomic E-state index is 0.00274. The first-order valence-corrected chi connectivity index (χ1v) is 18.8. The van der Waals surface area contributed by atoms with Crippen molar-refractivity contribution in [3.8, 4) is 11.5 Å². The molecule has 4 aliphatic rings. The van der Waals surface area contributed by atoms with Gasteiger partial charge in [0, 0.05) is 23.7 Å². The third-order valence-electron chi connectivity index (χ3n) is 10.5. The number of carbonyl (C=O) groups is 2. The Morgan fingerprint density at radius 2 is 1.65 bits per heavy atom. The highest BCUT2D eigenvalue weighted by atomic mass is 35.5. The van der Waals surface area contributed by atoms with Gasteiger partial charge in [0.25, 0.3) is 0 Å². The quantitative estimate of drug-likeness (QED) is 0.0699. The van der Waals surface area contributed by atoms with Gasteiger partial charge < -0.3 is 29.8 Å². The maximum atomic E-state index is 14.2. The SMILES string of the molecule is O=C(O)c1cccc(NC(C(=O)O[C@H]2CN3CCC2CC3)c2ccc(F)cc2)c1[C@@H](Cc1c(Cl)c[n+]([O-])cc1Cl)c1ccc(OC(F)F)c(OCC2CC2)c1. The van der Waals surface area contributed by atoms with E-state index in [1.165, 1.54) is 54.6 Å². The first-order chi connectivity index (χ1) is 26.4. The summed E-state index contributed by atoms with van der Waals surface area (Å²) in [7, 11) is 0. The fourth-order valence-electron chi connectivity index (χ4n) is 7.46. The minimum atomic E-state index is -3.14. The fraction of sp³-hybridized carbons (Fsp3) is 0.375. The molecule has 1 aromatic heterocycles. The largest absolute Gasteiger partial charge is 0.619 e. The third-order valence-corrected chi connectivity index (χ3v) is 11.2. The van der Waals surface area contributed by atoms with Crippen LogP contribution in [0.15, 0.2) is 73.1 Å². The van der Waals surface area contributed by atoms with Crippen molar-refractivity contribution in [3.63, 3.8) is 0 Å². The van der Waals surface area contributed by atoms with E-state index < -0.39 is 36.3 Å². The number of rotatable bonds is 15. The number of aromatic carboxylic acids is 1. The Morgan fingerprint density at radius 3 is 2.27 bits per heavy atom. The lowest BCUT2D eigenvalue weighted by atomic mass is 9.82. The molecule has 3 aliphatic heterocycles.